The molecule has 0 saturated carbocycles. The monoisotopic (exact) mass is 274 g/mol. The van der Waals surface area contributed by atoms with Crippen LogP contribution in [0.5, 0.6) is 0 Å². The van der Waals surface area contributed by atoms with E-state index in [9.17, 15) is 9.59 Å². The Morgan fingerprint density at radius 3 is 2.29 bits per heavy atom. The van der Waals surface area contributed by atoms with Gasteiger partial charge in [0.25, 0.3) is 0 Å². The van der Waals surface area contributed by atoms with Gasteiger partial charge in [-0.2, -0.15) is 0 Å². The van der Waals surface area contributed by atoms with Crippen LogP contribution in [0.15, 0.2) is 12.1 Å². The zero-order chi connectivity index (χ0) is 13.2. The minimum absolute atomic E-state index is 0.175. The Labute approximate surface area is 110 Å². The average Bonchev–Trinajstić information content (AvgIpc) is 2.62. The zero-order valence-corrected chi connectivity index (χ0v) is 11.8. The lowest BCUT2D eigenvalue weighted by molar-refractivity contribution is 0.00752. The summed E-state index contributed by atoms with van der Waals surface area (Å²) in [5, 5.41) is -0.583. The molecule has 3 nitrogen and oxygen atoms in total. The molecule has 0 aliphatic carbocycles. The number of hydrogen-bond acceptors (Lipinski definition) is 4. The second-order valence-electron chi connectivity index (χ2n) is 4.65. The SMILES string of the molecule is CC(Cl)C(=O)c1ccc(C(=O)OC(C)(C)C)s1. The maximum absolute atomic E-state index is 11.7. The highest BCUT2D eigenvalue weighted by atomic mass is 35.5. The van der Waals surface area contributed by atoms with Crippen LogP contribution in [0, 0.1) is 0 Å². The largest absolute Gasteiger partial charge is 0.456 e. The molecule has 17 heavy (non-hydrogen) atoms. The highest BCUT2D eigenvalue weighted by Gasteiger charge is 2.21. The molecule has 94 valence electrons. The highest BCUT2D eigenvalue weighted by Crippen LogP contribution is 2.22. The first-order chi connectivity index (χ1) is 7.70. The minimum atomic E-state index is -0.583. The molecule has 0 N–H and O–H groups in total. The Morgan fingerprint density at radius 1 is 1.29 bits per heavy atom. The standard InChI is InChI=1S/C12H15ClO3S/c1-7(13)10(14)8-5-6-9(17-8)11(15)16-12(2,3)4/h5-7H,1-4H3. The van der Waals surface area contributed by atoms with Gasteiger partial charge in [-0.25, -0.2) is 4.79 Å². The lowest BCUT2D eigenvalue weighted by Gasteiger charge is -2.18. The quantitative estimate of drug-likeness (QED) is 0.481. The molecule has 1 aromatic rings. The smallest absolute Gasteiger partial charge is 0.348 e. The molecule has 0 bridgehead atoms. The Hall–Kier alpha value is -0.870. The molecule has 0 aromatic carbocycles. The molecule has 0 aliphatic heterocycles. The number of carbonyl (C=O) groups is 2. The number of halogens is 1. The van der Waals surface area contributed by atoms with E-state index in [2.05, 4.69) is 0 Å². The van der Waals surface area contributed by atoms with Gasteiger partial charge in [0.2, 0.25) is 0 Å². The maximum Gasteiger partial charge on any atom is 0.348 e. The van der Waals surface area contributed by atoms with Crippen LogP contribution in [0.1, 0.15) is 47.0 Å². The van der Waals surface area contributed by atoms with Crippen LogP contribution in [0.2, 0.25) is 0 Å². The first kappa shape index (κ1) is 14.2. The Kier molecular flexibility index (Phi) is 4.33. The van der Waals surface area contributed by atoms with E-state index in [1.807, 2.05) is 0 Å². The molecule has 0 amide bonds. The Balaban J connectivity index is 2.82. The van der Waals surface area contributed by atoms with Crippen molar-refractivity contribution in [1.29, 1.82) is 0 Å². The maximum atomic E-state index is 11.7. The van der Waals surface area contributed by atoms with E-state index < -0.39 is 16.9 Å². The first-order valence-corrected chi connectivity index (χ1v) is 6.47. The molecule has 1 aromatic heterocycles. The van der Waals surface area contributed by atoms with Gasteiger partial charge in [-0.3, -0.25) is 4.79 Å². The van der Waals surface area contributed by atoms with Crippen molar-refractivity contribution in [3.05, 3.63) is 21.9 Å². The molecule has 0 saturated heterocycles. The second-order valence-corrected chi connectivity index (χ2v) is 6.38. The van der Waals surface area contributed by atoms with Gasteiger partial charge < -0.3 is 4.74 Å². The summed E-state index contributed by atoms with van der Waals surface area (Å²) in [6.07, 6.45) is 0. The summed E-state index contributed by atoms with van der Waals surface area (Å²) in [7, 11) is 0. The Morgan fingerprint density at radius 2 is 1.82 bits per heavy atom. The third-order valence-corrected chi connectivity index (χ3v) is 3.09. The summed E-state index contributed by atoms with van der Waals surface area (Å²) in [4.78, 5) is 24.2. The molecule has 1 unspecified atom stereocenters. The molecule has 0 fully saturated rings. The molecule has 0 aliphatic rings. The number of thiophene rings is 1. The van der Waals surface area contributed by atoms with Gasteiger partial charge in [0, 0.05) is 0 Å². The normalized spacial score (nSPS) is 13.2. The van der Waals surface area contributed by atoms with Gasteiger partial charge in [-0.05, 0) is 39.8 Å². The average molecular weight is 275 g/mol. The molecule has 5 heteroatoms. The van der Waals surface area contributed by atoms with Crippen LogP contribution in [-0.4, -0.2) is 22.7 Å². The van der Waals surface area contributed by atoms with E-state index in [1.165, 1.54) is 0 Å². The third-order valence-electron chi connectivity index (χ3n) is 1.81. The summed E-state index contributed by atoms with van der Waals surface area (Å²) in [6, 6.07) is 3.19. The number of ether oxygens (including phenoxy) is 1. The molecular weight excluding hydrogens is 260 g/mol. The number of hydrogen-bond donors (Lipinski definition) is 0. The fourth-order valence-electron chi connectivity index (χ4n) is 1.10. The third kappa shape index (κ3) is 4.13. The van der Waals surface area contributed by atoms with Crippen LogP contribution in [0.4, 0.5) is 0 Å². The second kappa shape index (κ2) is 5.19. The van der Waals surface area contributed by atoms with Gasteiger partial charge >= 0.3 is 5.97 Å². The molecular formula is C12H15ClO3S. The van der Waals surface area contributed by atoms with Gasteiger partial charge in [0.1, 0.15) is 10.5 Å². The fourth-order valence-corrected chi connectivity index (χ4v) is 2.20. The summed E-state index contributed by atoms with van der Waals surface area (Å²) < 4.78 is 5.20. The number of ketones is 1. The van der Waals surface area contributed by atoms with Crippen LogP contribution < -0.4 is 0 Å². The number of rotatable bonds is 3. The summed E-state index contributed by atoms with van der Waals surface area (Å²) in [5.41, 5.74) is -0.537. The van der Waals surface area contributed by atoms with Crippen LogP contribution in [-0.2, 0) is 4.74 Å². The zero-order valence-electron chi connectivity index (χ0n) is 10.2. The Bertz CT molecular complexity index is 429. The molecule has 0 spiro atoms. The van der Waals surface area contributed by atoms with Crippen molar-refractivity contribution in [3.8, 4) is 0 Å². The minimum Gasteiger partial charge on any atom is -0.456 e. The van der Waals surface area contributed by atoms with E-state index in [-0.39, 0.29) is 5.78 Å². The topological polar surface area (TPSA) is 43.4 Å². The van der Waals surface area contributed by atoms with Crippen molar-refractivity contribution < 1.29 is 14.3 Å². The lowest BCUT2D eigenvalue weighted by atomic mass is 10.2. The van der Waals surface area contributed by atoms with Crippen LogP contribution in [0.25, 0.3) is 0 Å². The van der Waals surface area contributed by atoms with Crippen LogP contribution >= 0.6 is 22.9 Å². The van der Waals surface area contributed by atoms with Gasteiger partial charge in [0.15, 0.2) is 5.78 Å². The van der Waals surface area contributed by atoms with Crippen molar-refractivity contribution in [2.45, 2.75) is 38.7 Å². The van der Waals surface area contributed by atoms with Crippen molar-refractivity contribution in [2.24, 2.45) is 0 Å². The highest BCUT2D eigenvalue weighted by molar-refractivity contribution is 7.16. The van der Waals surface area contributed by atoms with Gasteiger partial charge in [-0.1, -0.05) is 0 Å². The van der Waals surface area contributed by atoms with Crippen molar-refractivity contribution >= 4 is 34.7 Å². The van der Waals surface area contributed by atoms with E-state index in [4.69, 9.17) is 16.3 Å². The predicted octanol–water partition coefficient (Wildman–Crippen LogP) is 3.51. The molecule has 1 heterocycles. The van der Waals surface area contributed by atoms with E-state index in [0.29, 0.717) is 9.75 Å². The van der Waals surface area contributed by atoms with Crippen molar-refractivity contribution in [1.82, 2.24) is 0 Å². The summed E-state index contributed by atoms with van der Waals surface area (Å²) in [5.74, 6) is -0.588. The number of carbonyl (C=O) groups excluding carboxylic acids is 2. The van der Waals surface area contributed by atoms with E-state index in [0.717, 1.165) is 11.3 Å². The lowest BCUT2D eigenvalue weighted by Crippen LogP contribution is -2.23. The van der Waals surface area contributed by atoms with Crippen LogP contribution in [0.3, 0.4) is 0 Å². The molecule has 0 radical (unpaired) electrons. The van der Waals surface area contributed by atoms with E-state index in [1.54, 1.807) is 39.8 Å². The van der Waals surface area contributed by atoms with Gasteiger partial charge in [-0.15, -0.1) is 22.9 Å². The summed E-state index contributed by atoms with van der Waals surface area (Å²) >= 11 is 6.81. The fraction of sp³-hybridized carbons (Fsp3) is 0.500. The number of alkyl halides is 1. The first-order valence-electron chi connectivity index (χ1n) is 5.22. The van der Waals surface area contributed by atoms with Crippen molar-refractivity contribution in [3.63, 3.8) is 0 Å². The predicted molar refractivity (Wildman–Crippen MR) is 69.1 cm³/mol. The number of Topliss-reactive ketones (excluding diaryl/α,β-unsaturated/α-hetero) is 1. The molecule has 1 rings (SSSR count). The summed E-state index contributed by atoms with van der Waals surface area (Å²) in [6.45, 7) is 7.00. The van der Waals surface area contributed by atoms with Crippen molar-refractivity contribution in [2.75, 3.05) is 0 Å². The molecule has 1 atom stereocenters. The van der Waals surface area contributed by atoms with Gasteiger partial charge in [0.05, 0.1) is 10.3 Å². The number of esters is 1. The van der Waals surface area contributed by atoms with E-state index >= 15 is 0 Å².